The van der Waals surface area contributed by atoms with E-state index in [9.17, 15) is 9.59 Å². The van der Waals surface area contributed by atoms with Gasteiger partial charge in [0.2, 0.25) is 5.91 Å². The van der Waals surface area contributed by atoms with Gasteiger partial charge in [0.25, 0.3) is 5.56 Å². The van der Waals surface area contributed by atoms with Gasteiger partial charge in [0.05, 0.1) is 11.4 Å². The SMILES string of the molecule is CCNC(=O)CCc1nc2c(C)nn(-c3ccccc3)c2n(CC)c1=O. The number of hydrogen-bond acceptors (Lipinski definition) is 4. The van der Waals surface area contributed by atoms with E-state index in [4.69, 9.17) is 0 Å². The maximum Gasteiger partial charge on any atom is 0.273 e. The van der Waals surface area contributed by atoms with Crippen molar-refractivity contribution in [3.63, 3.8) is 0 Å². The van der Waals surface area contributed by atoms with E-state index in [2.05, 4.69) is 15.4 Å². The molecule has 0 saturated heterocycles. The fraction of sp³-hybridized carbons (Fsp3) is 0.368. The minimum atomic E-state index is -0.165. The molecule has 0 fully saturated rings. The van der Waals surface area contributed by atoms with E-state index in [1.54, 1.807) is 9.25 Å². The Balaban J connectivity index is 2.12. The van der Waals surface area contributed by atoms with Crippen LogP contribution in [0.1, 0.15) is 31.7 Å². The zero-order chi connectivity index (χ0) is 18.7. The van der Waals surface area contributed by atoms with Gasteiger partial charge >= 0.3 is 0 Å². The number of amides is 1. The molecule has 0 saturated carbocycles. The first-order chi connectivity index (χ1) is 12.6. The molecule has 1 amide bonds. The summed E-state index contributed by atoms with van der Waals surface area (Å²) in [6.07, 6.45) is 0.563. The second-order valence-corrected chi connectivity index (χ2v) is 6.07. The van der Waals surface area contributed by atoms with Gasteiger partial charge in [-0.25, -0.2) is 9.67 Å². The maximum atomic E-state index is 12.9. The first-order valence-corrected chi connectivity index (χ1v) is 8.88. The number of fused-ring (bicyclic) bond motifs is 1. The second-order valence-electron chi connectivity index (χ2n) is 6.07. The average molecular weight is 353 g/mol. The van der Waals surface area contributed by atoms with Crippen molar-refractivity contribution in [3.8, 4) is 5.69 Å². The molecular formula is C19H23N5O2. The molecule has 136 valence electrons. The van der Waals surface area contributed by atoms with Crippen LogP contribution in [0.3, 0.4) is 0 Å². The van der Waals surface area contributed by atoms with Gasteiger partial charge < -0.3 is 5.32 Å². The van der Waals surface area contributed by atoms with Gasteiger partial charge in [0, 0.05) is 25.9 Å². The standard InChI is InChI=1S/C19H23N5O2/c1-4-20-16(25)12-11-15-19(26)23(5-2)18-17(21-15)13(3)22-24(18)14-9-7-6-8-10-14/h6-10H,4-5,11-12H2,1-3H3,(H,20,25). The summed E-state index contributed by atoms with van der Waals surface area (Å²) in [4.78, 5) is 29.2. The molecule has 0 bridgehead atoms. The quantitative estimate of drug-likeness (QED) is 0.735. The monoisotopic (exact) mass is 353 g/mol. The van der Waals surface area contributed by atoms with Crippen LogP contribution in [-0.2, 0) is 17.8 Å². The van der Waals surface area contributed by atoms with Crippen LogP contribution in [0.15, 0.2) is 35.1 Å². The summed E-state index contributed by atoms with van der Waals surface area (Å²) in [6.45, 7) is 6.75. The third-order valence-electron chi connectivity index (χ3n) is 4.28. The molecule has 2 heterocycles. The number of carbonyl (C=O) groups is 1. The van der Waals surface area contributed by atoms with Crippen molar-refractivity contribution in [2.45, 2.75) is 40.2 Å². The number of nitrogens with zero attached hydrogens (tertiary/aromatic N) is 4. The molecule has 3 aromatic rings. The van der Waals surface area contributed by atoms with Crippen LogP contribution < -0.4 is 10.9 Å². The van der Waals surface area contributed by atoms with Gasteiger partial charge in [-0.05, 0) is 32.9 Å². The Morgan fingerprint density at radius 1 is 1.19 bits per heavy atom. The van der Waals surface area contributed by atoms with E-state index in [0.717, 1.165) is 11.4 Å². The first-order valence-electron chi connectivity index (χ1n) is 8.88. The highest BCUT2D eigenvalue weighted by Gasteiger charge is 2.18. The van der Waals surface area contributed by atoms with E-state index in [0.29, 0.717) is 36.4 Å². The van der Waals surface area contributed by atoms with E-state index in [1.807, 2.05) is 51.1 Å². The summed E-state index contributed by atoms with van der Waals surface area (Å²) >= 11 is 0. The molecule has 0 unspecified atom stereocenters. The predicted molar refractivity (Wildman–Crippen MR) is 101 cm³/mol. The Kier molecular flexibility index (Phi) is 5.16. The van der Waals surface area contributed by atoms with Crippen LogP contribution in [0.25, 0.3) is 16.9 Å². The Labute approximate surface area is 151 Å². The third kappa shape index (κ3) is 3.24. The van der Waals surface area contributed by atoms with Crippen LogP contribution in [0, 0.1) is 6.92 Å². The van der Waals surface area contributed by atoms with E-state index < -0.39 is 0 Å². The zero-order valence-corrected chi connectivity index (χ0v) is 15.3. The topological polar surface area (TPSA) is 81.8 Å². The normalized spacial score (nSPS) is 11.0. The highest BCUT2D eigenvalue weighted by molar-refractivity contribution is 5.77. The van der Waals surface area contributed by atoms with Crippen molar-refractivity contribution < 1.29 is 4.79 Å². The summed E-state index contributed by atoms with van der Waals surface area (Å²) in [5.41, 5.74) is 3.25. The number of aryl methyl sites for hydroxylation is 3. The van der Waals surface area contributed by atoms with E-state index in [-0.39, 0.29) is 17.9 Å². The molecule has 0 aliphatic carbocycles. The minimum absolute atomic E-state index is 0.0754. The zero-order valence-electron chi connectivity index (χ0n) is 15.3. The molecule has 1 N–H and O–H groups in total. The highest BCUT2D eigenvalue weighted by Crippen LogP contribution is 2.19. The third-order valence-corrected chi connectivity index (χ3v) is 4.28. The molecule has 7 heteroatoms. The summed E-state index contributed by atoms with van der Waals surface area (Å²) < 4.78 is 3.44. The number of carbonyl (C=O) groups excluding carboxylic acids is 1. The van der Waals surface area contributed by atoms with Crippen LogP contribution in [0.4, 0.5) is 0 Å². The Morgan fingerprint density at radius 3 is 2.58 bits per heavy atom. The lowest BCUT2D eigenvalue weighted by atomic mass is 10.2. The highest BCUT2D eigenvalue weighted by atomic mass is 16.1. The molecule has 0 spiro atoms. The largest absolute Gasteiger partial charge is 0.356 e. The molecule has 2 aromatic heterocycles. The van der Waals surface area contributed by atoms with Crippen molar-refractivity contribution in [1.82, 2.24) is 24.6 Å². The molecule has 1 aromatic carbocycles. The van der Waals surface area contributed by atoms with Crippen LogP contribution in [-0.4, -0.2) is 31.8 Å². The fourth-order valence-corrected chi connectivity index (χ4v) is 3.04. The number of hydrogen-bond donors (Lipinski definition) is 1. The summed E-state index contributed by atoms with van der Waals surface area (Å²) in [5.74, 6) is -0.0754. The number of para-hydroxylation sites is 1. The van der Waals surface area contributed by atoms with Crippen LogP contribution in [0.5, 0.6) is 0 Å². The lowest BCUT2D eigenvalue weighted by Crippen LogP contribution is -2.28. The van der Waals surface area contributed by atoms with Crippen molar-refractivity contribution in [3.05, 3.63) is 52.1 Å². The molecule has 7 nitrogen and oxygen atoms in total. The molecule has 3 rings (SSSR count). The Bertz CT molecular complexity index is 989. The smallest absolute Gasteiger partial charge is 0.273 e. The van der Waals surface area contributed by atoms with E-state index >= 15 is 0 Å². The summed E-state index contributed by atoms with van der Waals surface area (Å²) in [7, 11) is 0. The molecule has 0 aliphatic heterocycles. The predicted octanol–water partition coefficient (Wildman–Crippen LogP) is 1.98. The average Bonchev–Trinajstić information content (AvgIpc) is 2.97. The van der Waals surface area contributed by atoms with Gasteiger partial charge in [-0.1, -0.05) is 18.2 Å². The Morgan fingerprint density at radius 2 is 1.92 bits per heavy atom. The summed E-state index contributed by atoms with van der Waals surface area (Å²) in [5, 5.41) is 7.34. The van der Waals surface area contributed by atoms with Gasteiger partial charge in [0.15, 0.2) is 5.65 Å². The number of nitrogens with one attached hydrogen (secondary N) is 1. The minimum Gasteiger partial charge on any atom is -0.356 e. The van der Waals surface area contributed by atoms with Gasteiger partial charge in [-0.3, -0.25) is 14.2 Å². The second kappa shape index (κ2) is 7.51. The van der Waals surface area contributed by atoms with Crippen molar-refractivity contribution >= 4 is 17.1 Å². The first kappa shape index (κ1) is 17.8. The molecule has 26 heavy (non-hydrogen) atoms. The van der Waals surface area contributed by atoms with Gasteiger partial charge in [-0.2, -0.15) is 5.10 Å². The van der Waals surface area contributed by atoms with Gasteiger partial charge in [0.1, 0.15) is 11.2 Å². The van der Waals surface area contributed by atoms with Crippen LogP contribution in [0.2, 0.25) is 0 Å². The molecule has 0 atom stereocenters. The Hall–Kier alpha value is -2.96. The lowest BCUT2D eigenvalue weighted by Gasteiger charge is -2.11. The number of rotatable bonds is 6. The summed E-state index contributed by atoms with van der Waals surface area (Å²) in [6, 6.07) is 9.69. The molecule has 0 radical (unpaired) electrons. The van der Waals surface area contributed by atoms with E-state index in [1.165, 1.54) is 0 Å². The molecule has 0 aliphatic rings. The van der Waals surface area contributed by atoms with Gasteiger partial charge in [-0.15, -0.1) is 0 Å². The lowest BCUT2D eigenvalue weighted by molar-refractivity contribution is -0.120. The number of benzene rings is 1. The van der Waals surface area contributed by atoms with Crippen molar-refractivity contribution in [2.24, 2.45) is 0 Å². The fourth-order valence-electron chi connectivity index (χ4n) is 3.04. The van der Waals surface area contributed by atoms with Crippen LogP contribution >= 0.6 is 0 Å². The maximum absolute atomic E-state index is 12.9. The number of aromatic nitrogens is 4. The van der Waals surface area contributed by atoms with Crippen molar-refractivity contribution in [2.75, 3.05) is 6.54 Å². The van der Waals surface area contributed by atoms with Crippen molar-refractivity contribution in [1.29, 1.82) is 0 Å². The molecular weight excluding hydrogens is 330 g/mol.